The molecule has 2 N–H and O–H groups in total. The molecule has 0 amide bonds. The van der Waals surface area contributed by atoms with Crippen LogP contribution in [0.1, 0.15) is 32.9 Å². The molecule has 0 spiro atoms. The Morgan fingerprint density at radius 1 is 1.65 bits per heavy atom. The maximum absolute atomic E-state index is 11.6. The summed E-state index contributed by atoms with van der Waals surface area (Å²) in [5, 5.41) is 9.93. The Morgan fingerprint density at radius 3 is 2.88 bits per heavy atom. The number of nitrogens with one attached hydrogen (secondary N) is 1. The number of aromatic amines is 1. The summed E-state index contributed by atoms with van der Waals surface area (Å²) in [4.78, 5) is 24.7. The Bertz CT molecular complexity index is 521. The molecular weight excluding hydrogens is 224 g/mol. The molecule has 2 heterocycles. The van der Waals surface area contributed by atoms with Crippen LogP contribution in [0.3, 0.4) is 0 Å². The number of H-pyrrole nitrogens is 1. The number of ether oxygens (including phenoxy) is 1. The third kappa shape index (κ3) is 2.18. The zero-order chi connectivity index (χ0) is 12.6. The number of aliphatic hydroxyl groups is 1. The number of nitrogens with zero attached hydrogens (tertiary/aromatic N) is 1. The number of aliphatic hydroxyl groups excluding tert-OH is 1. The van der Waals surface area contributed by atoms with E-state index < -0.39 is 29.2 Å². The molecule has 1 fully saturated rings. The summed E-state index contributed by atoms with van der Waals surface area (Å²) in [5.41, 5.74) is -1.46. The molecule has 1 saturated heterocycles. The molecule has 1 aliphatic rings. The molecule has 94 valence electrons. The normalized spacial score (nSPS) is 32.9. The van der Waals surface area contributed by atoms with Gasteiger partial charge in [-0.05, 0) is 13.3 Å². The maximum Gasteiger partial charge on any atom is 0.330 e. The first-order valence-corrected chi connectivity index (χ1v) is 5.62. The van der Waals surface area contributed by atoms with E-state index in [0.717, 1.165) is 6.42 Å². The lowest BCUT2D eigenvalue weighted by Crippen LogP contribution is -2.35. The van der Waals surface area contributed by atoms with Gasteiger partial charge in [-0.3, -0.25) is 14.3 Å². The van der Waals surface area contributed by atoms with E-state index in [-0.39, 0.29) is 0 Å². The van der Waals surface area contributed by atoms with Gasteiger partial charge in [0.2, 0.25) is 0 Å². The molecule has 1 aromatic rings. The van der Waals surface area contributed by atoms with Crippen LogP contribution in [0, 0.1) is 0 Å². The van der Waals surface area contributed by atoms with Crippen LogP contribution in [0.25, 0.3) is 0 Å². The summed E-state index contributed by atoms with van der Waals surface area (Å²) < 4.78 is 6.92. The Kier molecular flexibility index (Phi) is 2.92. The lowest BCUT2D eigenvalue weighted by atomic mass is 9.98. The fourth-order valence-corrected chi connectivity index (χ4v) is 2.06. The minimum Gasteiger partial charge on any atom is -0.388 e. The summed E-state index contributed by atoms with van der Waals surface area (Å²) in [5.74, 6) is 0. The van der Waals surface area contributed by atoms with Gasteiger partial charge in [-0.1, -0.05) is 6.92 Å². The van der Waals surface area contributed by atoms with Crippen LogP contribution in [-0.4, -0.2) is 26.4 Å². The van der Waals surface area contributed by atoms with Crippen LogP contribution >= 0.6 is 0 Å². The number of hydrogen-bond donors (Lipinski definition) is 2. The highest BCUT2D eigenvalue weighted by molar-refractivity contribution is 4.92. The molecule has 0 aromatic carbocycles. The molecule has 2 rings (SSSR count). The molecule has 1 aromatic heterocycles. The highest BCUT2D eigenvalue weighted by Crippen LogP contribution is 2.37. The molecule has 0 radical (unpaired) electrons. The van der Waals surface area contributed by atoms with Crippen molar-refractivity contribution in [3.63, 3.8) is 0 Å². The molecule has 0 aliphatic carbocycles. The van der Waals surface area contributed by atoms with Gasteiger partial charge in [0.1, 0.15) is 6.10 Å². The molecule has 0 unspecified atom stereocenters. The van der Waals surface area contributed by atoms with Crippen LogP contribution in [0.4, 0.5) is 0 Å². The number of rotatable bonds is 2. The van der Waals surface area contributed by atoms with Gasteiger partial charge in [0, 0.05) is 18.7 Å². The second-order valence-electron chi connectivity index (χ2n) is 4.60. The second-order valence-corrected chi connectivity index (χ2v) is 4.60. The minimum absolute atomic E-state index is 0.431. The fraction of sp³-hybridized carbons (Fsp3) is 0.636. The first kappa shape index (κ1) is 12.1. The van der Waals surface area contributed by atoms with Crippen molar-refractivity contribution in [2.75, 3.05) is 0 Å². The van der Waals surface area contributed by atoms with Gasteiger partial charge >= 0.3 is 5.69 Å². The van der Waals surface area contributed by atoms with Crippen LogP contribution in [-0.2, 0) is 4.74 Å². The maximum atomic E-state index is 11.6. The summed E-state index contributed by atoms with van der Waals surface area (Å²) in [6, 6.07) is 1.24. The molecule has 0 saturated carbocycles. The molecular formula is C11H16N2O4. The van der Waals surface area contributed by atoms with E-state index >= 15 is 0 Å². The van der Waals surface area contributed by atoms with Gasteiger partial charge < -0.3 is 9.84 Å². The summed E-state index contributed by atoms with van der Waals surface area (Å²) in [7, 11) is 0. The fourth-order valence-electron chi connectivity index (χ4n) is 2.06. The molecule has 17 heavy (non-hydrogen) atoms. The third-order valence-corrected chi connectivity index (χ3v) is 3.25. The predicted octanol–water partition coefficient (Wildman–Crippen LogP) is -0.0149. The second kappa shape index (κ2) is 4.12. The van der Waals surface area contributed by atoms with Crippen molar-refractivity contribution < 1.29 is 9.84 Å². The van der Waals surface area contributed by atoms with E-state index in [4.69, 9.17) is 4.74 Å². The van der Waals surface area contributed by atoms with Crippen molar-refractivity contribution in [3.8, 4) is 0 Å². The van der Waals surface area contributed by atoms with Gasteiger partial charge in [0.25, 0.3) is 5.56 Å². The van der Waals surface area contributed by atoms with Crippen LogP contribution in [0.15, 0.2) is 21.9 Å². The van der Waals surface area contributed by atoms with Crippen molar-refractivity contribution >= 4 is 0 Å². The monoisotopic (exact) mass is 240 g/mol. The standard InChI is InChI=1S/C11H16N2O4/c1-3-11(2)6-7(14)9(17-11)13-5-4-8(15)12-10(13)16/h4-5,7,9,14H,3,6H2,1-2H3,(H,12,15,16)/t7-,9+,11+/m0/s1. The van der Waals surface area contributed by atoms with Crippen molar-refractivity contribution in [1.82, 2.24) is 9.55 Å². The zero-order valence-corrected chi connectivity index (χ0v) is 9.84. The smallest absolute Gasteiger partial charge is 0.330 e. The number of aromatic nitrogens is 2. The Morgan fingerprint density at radius 2 is 2.35 bits per heavy atom. The Balaban J connectivity index is 2.35. The molecule has 1 aliphatic heterocycles. The van der Waals surface area contributed by atoms with E-state index in [2.05, 4.69) is 4.98 Å². The third-order valence-electron chi connectivity index (χ3n) is 3.25. The topological polar surface area (TPSA) is 84.3 Å². The lowest BCUT2D eigenvalue weighted by molar-refractivity contribution is -0.0834. The van der Waals surface area contributed by atoms with Crippen molar-refractivity contribution in [3.05, 3.63) is 33.1 Å². The molecule has 3 atom stereocenters. The van der Waals surface area contributed by atoms with Gasteiger partial charge in [0.15, 0.2) is 6.23 Å². The van der Waals surface area contributed by atoms with E-state index in [9.17, 15) is 14.7 Å². The predicted molar refractivity (Wildman–Crippen MR) is 60.8 cm³/mol. The van der Waals surface area contributed by atoms with Crippen molar-refractivity contribution in [2.45, 2.75) is 44.6 Å². The van der Waals surface area contributed by atoms with Crippen molar-refractivity contribution in [1.29, 1.82) is 0 Å². The first-order chi connectivity index (χ1) is 7.95. The SMILES string of the molecule is CC[C@]1(C)C[C@H](O)[C@H](n2ccc(=O)[nH]c2=O)O1. The van der Waals surface area contributed by atoms with Gasteiger partial charge in [-0.15, -0.1) is 0 Å². The van der Waals surface area contributed by atoms with Crippen molar-refractivity contribution in [2.24, 2.45) is 0 Å². The average molecular weight is 240 g/mol. The quantitative estimate of drug-likeness (QED) is 0.761. The number of hydrogen-bond acceptors (Lipinski definition) is 4. The highest BCUT2D eigenvalue weighted by atomic mass is 16.5. The Labute approximate surface area is 97.9 Å². The highest BCUT2D eigenvalue weighted by Gasteiger charge is 2.42. The lowest BCUT2D eigenvalue weighted by Gasteiger charge is -2.22. The summed E-state index contributed by atoms with van der Waals surface area (Å²) >= 11 is 0. The molecule has 6 heteroatoms. The summed E-state index contributed by atoms with van der Waals surface area (Å²) in [6.45, 7) is 3.86. The Hall–Kier alpha value is -1.40. The molecule has 0 bridgehead atoms. The van der Waals surface area contributed by atoms with Crippen LogP contribution in [0.5, 0.6) is 0 Å². The van der Waals surface area contributed by atoms with E-state index in [1.807, 2.05) is 13.8 Å². The van der Waals surface area contributed by atoms with E-state index in [1.54, 1.807) is 0 Å². The summed E-state index contributed by atoms with van der Waals surface area (Å²) in [6.07, 6.45) is 1.09. The van der Waals surface area contributed by atoms with Gasteiger partial charge in [0.05, 0.1) is 5.60 Å². The van der Waals surface area contributed by atoms with E-state index in [0.29, 0.717) is 6.42 Å². The van der Waals surface area contributed by atoms with Crippen LogP contribution in [0.2, 0.25) is 0 Å². The van der Waals surface area contributed by atoms with Crippen LogP contribution < -0.4 is 11.2 Å². The van der Waals surface area contributed by atoms with Gasteiger partial charge in [-0.25, -0.2) is 4.79 Å². The zero-order valence-electron chi connectivity index (χ0n) is 9.84. The largest absolute Gasteiger partial charge is 0.388 e. The van der Waals surface area contributed by atoms with E-state index in [1.165, 1.54) is 16.8 Å². The first-order valence-electron chi connectivity index (χ1n) is 5.62. The minimum atomic E-state index is -0.747. The molecule has 6 nitrogen and oxygen atoms in total. The average Bonchev–Trinajstić information content (AvgIpc) is 2.55. The van der Waals surface area contributed by atoms with Gasteiger partial charge in [-0.2, -0.15) is 0 Å².